The Balaban J connectivity index is 2.52. The molecule has 2 nitrogen and oxygen atoms in total. The first-order valence-electron chi connectivity index (χ1n) is 3.50. The highest BCUT2D eigenvalue weighted by molar-refractivity contribution is 4.87. The quantitative estimate of drug-likeness (QED) is 0.543. The molecule has 1 fully saturated rings. The summed E-state index contributed by atoms with van der Waals surface area (Å²) in [6.07, 6.45) is 2.87. The third kappa shape index (κ3) is 1.25. The smallest absolute Gasteiger partial charge is 0.0669 e. The molecule has 0 unspecified atom stereocenters. The monoisotopic (exact) mass is 130 g/mol. The molecule has 0 radical (unpaired) electrons. The van der Waals surface area contributed by atoms with Crippen molar-refractivity contribution >= 4 is 0 Å². The minimum absolute atomic E-state index is 0.123. The summed E-state index contributed by atoms with van der Waals surface area (Å²) < 4.78 is 0. The topological polar surface area (TPSA) is 40.5 Å². The highest BCUT2D eigenvalue weighted by Crippen LogP contribution is 2.34. The normalized spacial score (nSPS) is 43.7. The lowest BCUT2D eigenvalue weighted by Gasteiger charge is -2.22. The van der Waals surface area contributed by atoms with Gasteiger partial charge in [0.1, 0.15) is 0 Å². The molecule has 1 aliphatic carbocycles. The summed E-state index contributed by atoms with van der Waals surface area (Å²) in [4.78, 5) is 0. The molecule has 0 aromatic carbocycles. The van der Waals surface area contributed by atoms with Gasteiger partial charge in [0.2, 0.25) is 0 Å². The van der Waals surface area contributed by atoms with Crippen LogP contribution in [0.2, 0.25) is 0 Å². The van der Waals surface area contributed by atoms with E-state index in [0.29, 0.717) is 0 Å². The predicted molar refractivity (Wildman–Crippen MR) is 35.1 cm³/mol. The van der Waals surface area contributed by atoms with Crippen LogP contribution < -0.4 is 0 Å². The Hall–Kier alpha value is -0.0800. The van der Waals surface area contributed by atoms with Crippen LogP contribution in [0.25, 0.3) is 0 Å². The third-order valence-corrected chi connectivity index (χ3v) is 2.34. The molecule has 1 rings (SSSR count). The number of rotatable bonds is 1. The van der Waals surface area contributed by atoms with E-state index in [-0.39, 0.29) is 12.5 Å². The van der Waals surface area contributed by atoms with E-state index >= 15 is 0 Å². The van der Waals surface area contributed by atoms with Crippen molar-refractivity contribution in [1.82, 2.24) is 0 Å². The molecule has 0 aromatic heterocycles. The zero-order chi connectivity index (χ0) is 6.91. The molecule has 0 aliphatic heterocycles. The fourth-order valence-corrected chi connectivity index (χ4v) is 1.51. The molecular weight excluding hydrogens is 116 g/mol. The van der Waals surface area contributed by atoms with E-state index in [1.54, 1.807) is 6.92 Å². The Morgan fingerprint density at radius 1 is 1.67 bits per heavy atom. The second-order valence-electron chi connectivity index (χ2n) is 3.13. The van der Waals surface area contributed by atoms with Gasteiger partial charge in [-0.3, -0.25) is 0 Å². The van der Waals surface area contributed by atoms with Crippen molar-refractivity contribution in [1.29, 1.82) is 0 Å². The summed E-state index contributed by atoms with van der Waals surface area (Å²) in [5, 5.41) is 18.2. The van der Waals surface area contributed by atoms with Gasteiger partial charge in [-0.05, 0) is 19.8 Å². The third-order valence-electron chi connectivity index (χ3n) is 2.34. The molecular formula is C7H14O2. The maximum absolute atomic E-state index is 9.49. The Bertz CT molecular complexity index is 99.1. The van der Waals surface area contributed by atoms with Crippen LogP contribution in [0, 0.1) is 5.92 Å². The number of aliphatic hydroxyl groups excluding tert-OH is 1. The van der Waals surface area contributed by atoms with Gasteiger partial charge in [-0.25, -0.2) is 0 Å². The first-order valence-corrected chi connectivity index (χ1v) is 3.50. The summed E-state index contributed by atoms with van der Waals surface area (Å²) >= 11 is 0. The van der Waals surface area contributed by atoms with Gasteiger partial charge in [0, 0.05) is 12.5 Å². The summed E-state index contributed by atoms with van der Waals surface area (Å²) in [6, 6.07) is 0. The molecule has 1 aliphatic rings. The molecule has 0 bridgehead atoms. The van der Waals surface area contributed by atoms with Crippen molar-refractivity contribution in [2.45, 2.75) is 31.8 Å². The zero-order valence-electron chi connectivity index (χ0n) is 5.80. The molecule has 0 spiro atoms. The van der Waals surface area contributed by atoms with Gasteiger partial charge in [-0.1, -0.05) is 6.42 Å². The number of aliphatic hydroxyl groups is 2. The lowest BCUT2D eigenvalue weighted by Crippen LogP contribution is -2.30. The minimum Gasteiger partial charge on any atom is -0.396 e. The fraction of sp³-hybridized carbons (Fsp3) is 1.00. The lowest BCUT2D eigenvalue weighted by atomic mass is 9.94. The summed E-state index contributed by atoms with van der Waals surface area (Å²) in [5.41, 5.74) is -0.589. The van der Waals surface area contributed by atoms with Crippen molar-refractivity contribution in [3.63, 3.8) is 0 Å². The fourth-order valence-electron chi connectivity index (χ4n) is 1.51. The van der Waals surface area contributed by atoms with Gasteiger partial charge < -0.3 is 10.2 Å². The molecule has 0 heterocycles. The zero-order valence-corrected chi connectivity index (χ0v) is 5.80. The summed E-state index contributed by atoms with van der Waals surface area (Å²) in [5.74, 6) is 0.123. The van der Waals surface area contributed by atoms with E-state index in [9.17, 15) is 5.11 Å². The van der Waals surface area contributed by atoms with Gasteiger partial charge in [-0.2, -0.15) is 0 Å². The minimum atomic E-state index is -0.589. The van der Waals surface area contributed by atoms with Crippen LogP contribution in [0.1, 0.15) is 26.2 Å². The molecule has 2 atom stereocenters. The van der Waals surface area contributed by atoms with E-state index in [0.717, 1.165) is 19.3 Å². The van der Waals surface area contributed by atoms with Gasteiger partial charge in [-0.15, -0.1) is 0 Å². The van der Waals surface area contributed by atoms with E-state index in [1.807, 2.05) is 0 Å². The Morgan fingerprint density at radius 3 is 2.56 bits per heavy atom. The average molecular weight is 130 g/mol. The Morgan fingerprint density at radius 2 is 2.33 bits per heavy atom. The van der Waals surface area contributed by atoms with Crippen LogP contribution in [0.15, 0.2) is 0 Å². The molecule has 0 saturated heterocycles. The molecule has 0 amide bonds. The van der Waals surface area contributed by atoms with Crippen molar-refractivity contribution in [3.8, 4) is 0 Å². The molecule has 2 N–H and O–H groups in total. The van der Waals surface area contributed by atoms with Crippen LogP contribution >= 0.6 is 0 Å². The van der Waals surface area contributed by atoms with Gasteiger partial charge >= 0.3 is 0 Å². The number of hydrogen-bond donors (Lipinski definition) is 2. The Labute approximate surface area is 55.5 Å². The first kappa shape index (κ1) is 7.03. The maximum Gasteiger partial charge on any atom is 0.0669 e. The van der Waals surface area contributed by atoms with Gasteiger partial charge in [0.05, 0.1) is 5.60 Å². The van der Waals surface area contributed by atoms with Crippen LogP contribution in [0.5, 0.6) is 0 Å². The van der Waals surface area contributed by atoms with Crippen molar-refractivity contribution in [2.75, 3.05) is 6.61 Å². The SMILES string of the molecule is C[C@@]1(O)CCC[C@H]1CO. The lowest BCUT2D eigenvalue weighted by molar-refractivity contribution is -0.00179. The van der Waals surface area contributed by atoms with Crippen LogP contribution in [-0.2, 0) is 0 Å². The van der Waals surface area contributed by atoms with Gasteiger partial charge in [0.15, 0.2) is 0 Å². The summed E-state index contributed by atoms with van der Waals surface area (Å²) in [7, 11) is 0. The van der Waals surface area contributed by atoms with Crippen LogP contribution in [-0.4, -0.2) is 22.4 Å². The first-order chi connectivity index (χ1) is 4.17. The summed E-state index contributed by atoms with van der Waals surface area (Å²) in [6.45, 7) is 1.94. The van der Waals surface area contributed by atoms with E-state index in [4.69, 9.17) is 5.11 Å². The van der Waals surface area contributed by atoms with Crippen molar-refractivity contribution < 1.29 is 10.2 Å². The van der Waals surface area contributed by atoms with Crippen molar-refractivity contribution in [2.24, 2.45) is 5.92 Å². The second-order valence-corrected chi connectivity index (χ2v) is 3.13. The molecule has 0 aromatic rings. The Kier molecular flexibility index (Phi) is 1.78. The maximum atomic E-state index is 9.49. The predicted octanol–water partition coefficient (Wildman–Crippen LogP) is 0.530. The van der Waals surface area contributed by atoms with E-state index in [1.165, 1.54) is 0 Å². The van der Waals surface area contributed by atoms with E-state index < -0.39 is 5.60 Å². The highest BCUT2D eigenvalue weighted by Gasteiger charge is 2.35. The van der Waals surface area contributed by atoms with Crippen molar-refractivity contribution in [3.05, 3.63) is 0 Å². The molecule has 9 heavy (non-hydrogen) atoms. The molecule has 54 valence electrons. The molecule has 2 heteroatoms. The number of hydrogen-bond acceptors (Lipinski definition) is 2. The molecule has 1 saturated carbocycles. The largest absolute Gasteiger partial charge is 0.396 e. The van der Waals surface area contributed by atoms with Gasteiger partial charge in [0.25, 0.3) is 0 Å². The van der Waals surface area contributed by atoms with E-state index in [2.05, 4.69) is 0 Å². The highest BCUT2D eigenvalue weighted by atomic mass is 16.3. The standard InChI is InChI=1S/C7H14O2/c1-7(9)4-2-3-6(7)5-8/h6,8-9H,2-5H2,1H3/t6-,7+/m0/s1. The average Bonchev–Trinajstić information content (AvgIpc) is 2.08. The second kappa shape index (κ2) is 2.27. The van der Waals surface area contributed by atoms with Crippen LogP contribution in [0.4, 0.5) is 0 Å². The van der Waals surface area contributed by atoms with Crippen LogP contribution in [0.3, 0.4) is 0 Å².